The van der Waals surface area contributed by atoms with E-state index in [0.29, 0.717) is 12.5 Å². The van der Waals surface area contributed by atoms with E-state index in [-0.39, 0.29) is 24.4 Å². The molecule has 1 rings (SSSR count). The van der Waals surface area contributed by atoms with Gasteiger partial charge >= 0.3 is 0 Å². The minimum atomic E-state index is -0.359. The Labute approximate surface area is 94.8 Å². The number of amidine groups is 1. The van der Waals surface area contributed by atoms with Crippen LogP contribution in [0.15, 0.2) is 5.16 Å². The average molecular weight is 229 g/mol. The summed E-state index contributed by atoms with van der Waals surface area (Å²) in [4.78, 5) is 11.5. The third-order valence-electron chi connectivity index (χ3n) is 2.43. The van der Waals surface area contributed by atoms with Crippen molar-refractivity contribution in [3.05, 3.63) is 0 Å². The second-order valence-corrected chi connectivity index (χ2v) is 3.96. The number of nitrogens with one attached hydrogen (secondary N) is 1. The Morgan fingerprint density at radius 3 is 2.88 bits per heavy atom. The van der Waals surface area contributed by atoms with Crippen LogP contribution in [-0.4, -0.2) is 36.2 Å². The molecule has 6 heteroatoms. The molecular formula is C10H19N3O3. The molecule has 0 saturated heterocycles. The normalized spacial score (nSPS) is 18.2. The van der Waals surface area contributed by atoms with Gasteiger partial charge in [-0.25, -0.2) is 0 Å². The highest BCUT2D eigenvalue weighted by atomic mass is 16.5. The molecule has 0 radical (unpaired) electrons. The molecule has 92 valence electrons. The molecule has 0 aromatic carbocycles. The monoisotopic (exact) mass is 229 g/mol. The summed E-state index contributed by atoms with van der Waals surface area (Å²) in [7, 11) is 0. The zero-order chi connectivity index (χ0) is 12.0. The van der Waals surface area contributed by atoms with Crippen molar-refractivity contribution >= 4 is 11.7 Å². The fourth-order valence-electron chi connectivity index (χ4n) is 1.45. The lowest BCUT2D eigenvalue weighted by Crippen LogP contribution is -2.47. The lowest BCUT2D eigenvalue weighted by Gasteiger charge is -2.16. The number of carbonyl (C=O) groups excluding carboxylic acids is 1. The standard InChI is InChI=1S/C10H19N3O3/c1-2-5-16-6-8(14)12-9(7-3-4-7)10(11)13-15/h7,9,15H,2-6H2,1H3,(H2,11,13)(H,12,14). The van der Waals surface area contributed by atoms with Crippen molar-refractivity contribution in [3.8, 4) is 0 Å². The summed E-state index contributed by atoms with van der Waals surface area (Å²) in [5, 5.41) is 14.2. The maximum absolute atomic E-state index is 11.5. The molecule has 0 spiro atoms. The number of hydrogen-bond acceptors (Lipinski definition) is 4. The van der Waals surface area contributed by atoms with Crippen LogP contribution in [0.5, 0.6) is 0 Å². The molecule has 0 bridgehead atoms. The van der Waals surface area contributed by atoms with Gasteiger partial charge in [0.1, 0.15) is 6.61 Å². The van der Waals surface area contributed by atoms with Gasteiger partial charge in [-0.15, -0.1) is 0 Å². The van der Waals surface area contributed by atoms with Gasteiger partial charge in [0.25, 0.3) is 0 Å². The van der Waals surface area contributed by atoms with Crippen LogP contribution in [0.1, 0.15) is 26.2 Å². The summed E-state index contributed by atoms with van der Waals surface area (Å²) in [5.74, 6) is 0.134. The summed E-state index contributed by atoms with van der Waals surface area (Å²) >= 11 is 0. The van der Waals surface area contributed by atoms with Crippen molar-refractivity contribution in [1.82, 2.24) is 5.32 Å². The van der Waals surface area contributed by atoms with E-state index in [0.717, 1.165) is 19.3 Å². The van der Waals surface area contributed by atoms with Gasteiger partial charge in [0.15, 0.2) is 5.84 Å². The van der Waals surface area contributed by atoms with Crippen LogP contribution in [0.3, 0.4) is 0 Å². The lowest BCUT2D eigenvalue weighted by atomic mass is 10.1. The summed E-state index contributed by atoms with van der Waals surface area (Å²) < 4.78 is 5.10. The van der Waals surface area contributed by atoms with Crippen LogP contribution in [0.2, 0.25) is 0 Å². The number of ether oxygens (including phenoxy) is 1. The predicted molar refractivity (Wildman–Crippen MR) is 59.2 cm³/mol. The van der Waals surface area contributed by atoms with Crippen LogP contribution < -0.4 is 11.1 Å². The van der Waals surface area contributed by atoms with E-state index < -0.39 is 0 Å². The molecule has 6 nitrogen and oxygen atoms in total. The molecule has 1 aliphatic carbocycles. The molecule has 0 aromatic heterocycles. The van der Waals surface area contributed by atoms with Crippen LogP contribution in [0.25, 0.3) is 0 Å². The number of carbonyl (C=O) groups is 1. The van der Waals surface area contributed by atoms with E-state index in [9.17, 15) is 4.79 Å². The van der Waals surface area contributed by atoms with Crippen molar-refractivity contribution < 1.29 is 14.7 Å². The molecule has 0 heterocycles. The summed E-state index contributed by atoms with van der Waals surface area (Å²) in [5.41, 5.74) is 5.51. The number of nitrogens with zero attached hydrogens (tertiary/aromatic N) is 1. The first-order valence-electron chi connectivity index (χ1n) is 5.53. The maximum atomic E-state index is 11.5. The highest BCUT2D eigenvalue weighted by Gasteiger charge is 2.35. The number of nitrogens with two attached hydrogens (primary N) is 1. The van der Waals surface area contributed by atoms with Crippen molar-refractivity contribution in [1.29, 1.82) is 0 Å². The first kappa shape index (κ1) is 12.8. The van der Waals surface area contributed by atoms with Crippen molar-refractivity contribution in [2.24, 2.45) is 16.8 Å². The van der Waals surface area contributed by atoms with Gasteiger partial charge in [0.2, 0.25) is 5.91 Å². The Morgan fingerprint density at radius 2 is 2.38 bits per heavy atom. The zero-order valence-corrected chi connectivity index (χ0v) is 9.48. The smallest absolute Gasteiger partial charge is 0.246 e. The number of hydrogen-bond donors (Lipinski definition) is 3. The predicted octanol–water partition coefficient (Wildman–Crippen LogP) is 0.0542. The summed E-state index contributed by atoms with van der Waals surface area (Å²) in [6.07, 6.45) is 2.87. The van der Waals surface area contributed by atoms with Gasteiger partial charge in [-0.3, -0.25) is 4.79 Å². The van der Waals surface area contributed by atoms with E-state index in [1.165, 1.54) is 0 Å². The Hall–Kier alpha value is -1.30. The lowest BCUT2D eigenvalue weighted by molar-refractivity contribution is -0.126. The quantitative estimate of drug-likeness (QED) is 0.189. The molecule has 0 aromatic rings. The van der Waals surface area contributed by atoms with E-state index in [1.807, 2.05) is 6.92 Å². The van der Waals surface area contributed by atoms with Crippen LogP contribution in [0, 0.1) is 5.92 Å². The fraction of sp³-hybridized carbons (Fsp3) is 0.800. The van der Waals surface area contributed by atoms with Crippen LogP contribution >= 0.6 is 0 Å². The molecular weight excluding hydrogens is 210 g/mol. The molecule has 1 atom stereocenters. The second-order valence-electron chi connectivity index (χ2n) is 3.96. The average Bonchev–Trinajstić information content (AvgIpc) is 3.09. The minimum absolute atomic E-state index is 0.0236. The first-order chi connectivity index (χ1) is 7.69. The Kier molecular flexibility index (Phi) is 5.04. The van der Waals surface area contributed by atoms with Gasteiger partial charge in [-0.2, -0.15) is 0 Å². The Morgan fingerprint density at radius 1 is 1.69 bits per heavy atom. The molecule has 4 N–H and O–H groups in total. The maximum Gasteiger partial charge on any atom is 0.246 e. The van der Waals surface area contributed by atoms with Crippen molar-refractivity contribution in [2.45, 2.75) is 32.2 Å². The number of oxime groups is 1. The Balaban J connectivity index is 2.33. The molecule has 1 unspecified atom stereocenters. The number of amides is 1. The topological polar surface area (TPSA) is 96.9 Å². The number of rotatable bonds is 7. The highest BCUT2D eigenvalue weighted by Crippen LogP contribution is 2.32. The van der Waals surface area contributed by atoms with E-state index >= 15 is 0 Å². The van der Waals surface area contributed by atoms with Gasteiger partial charge < -0.3 is 21.0 Å². The second kappa shape index (κ2) is 6.32. The Bertz CT molecular complexity index is 264. The SMILES string of the molecule is CCCOCC(=O)NC(C(N)=NO)C1CC1. The molecule has 1 amide bonds. The van der Waals surface area contributed by atoms with Crippen LogP contribution in [-0.2, 0) is 9.53 Å². The molecule has 16 heavy (non-hydrogen) atoms. The summed E-state index contributed by atoms with van der Waals surface area (Å²) in [6.45, 7) is 2.56. The van der Waals surface area contributed by atoms with E-state index in [2.05, 4.69) is 10.5 Å². The molecule has 1 aliphatic rings. The van der Waals surface area contributed by atoms with Gasteiger partial charge in [-0.05, 0) is 25.2 Å². The third-order valence-corrected chi connectivity index (χ3v) is 2.43. The zero-order valence-electron chi connectivity index (χ0n) is 9.48. The molecule has 0 aliphatic heterocycles. The van der Waals surface area contributed by atoms with Crippen molar-refractivity contribution in [3.63, 3.8) is 0 Å². The van der Waals surface area contributed by atoms with Gasteiger partial charge in [0.05, 0.1) is 6.04 Å². The van der Waals surface area contributed by atoms with Gasteiger partial charge in [-0.1, -0.05) is 12.1 Å². The first-order valence-corrected chi connectivity index (χ1v) is 5.53. The van der Waals surface area contributed by atoms with E-state index in [4.69, 9.17) is 15.7 Å². The van der Waals surface area contributed by atoms with Crippen molar-refractivity contribution in [2.75, 3.05) is 13.2 Å². The fourth-order valence-corrected chi connectivity index (χ4v) is 1.45. The molecule has 1 saturated carbocycles. The largest absolute Gasteiger partial charge is 0.409 e. The summed E-state index contributed by atoms with van der Waals surface area (Å²) in [6, 6.07) is -0.359. The molecule has 1 fully saturated rings. The highest BCUT2D eigenvalue weighted by molar-refractivity contribution is 5.90. The minimum Gasteiger partial charge on any atom is -0.409 e. The third kappa shape index (κ3) is 4.06. The van der Waals surface area contributed by atoms with Crippen LogP contribution in [0.4, 0.5) is 0 Å². The van der Waals surface area contributed by atoms with E-state index in [1.54, 1.807) is 0 Å². The van der Waals surface area contributed by atoms with Gasteiger partial charge in [0, 0.05) is 6.61 Å².